The summed E-state index contributed by atoms with van der Waals surface area (Å²) >= 11 is 7.24. The number of fused-ring (bicyclic) bond motifs is 1. The minimum atomic E-state index is -0.375. The number of halogens is 1. The second kappa shape index (κ2) is 9.57. The SMILES string of the molecule is CCN(C(=O)COC(=O)[C@@H]1CCCN(c2ccc(Cl)nn2)C1)c1nc2ccccc2s1. The van der Waals surface area contributed by atoms with Gasteiger partial charge in [0.1, 0.15) is 0 Å². The van der Waals surface area contributed by atoms with E-state index >= 15 is 0 Å². The van der Waals surface area contributed by atoms with E-state index in [2.05, 4.69) is 15.2 Å². The summed E-state index contributed by atoms with van der Waals surface area (Å²) in [6.45, 7) is 3.26. The predicted molar refractivity (Wildman–Crippen MR) is 121 cm³/mol. The van der Waals surface area contributed by atoms with E-state index in [9.17, 15) is 9.59 Å². The van der Waals surface area contributed by atoms with Gasteiger partial charge in [-0.2, -0.15) is 0 Å². The van der Waals surface area contributed by atoms with Gasteiger partial charge >= 0.3 is 5.97 Å². The van der Waals surface area contributed by atoms with E-state index in [1.54, 1.807) is 17.0 Å². The molecule has 1 saturated heterocycles. The number of nitrogens with zero attached hydrogens (tertiary/aromatic N) is 5. The molecule has 0 saturated carbocycles. The summed E-state index contributed by atoms with van der Waals surface area (Å²) in [5, 5.41) is 8.87. The molecule has 0 spiro atoms. The highest BCUT2D eigenvalue weighted by molar-refractivity contribution is 7.22. The zero-order chi connectivity index (χ0) is 21.8. The van der Waals surface area contributed by atoms with Crippen LogP contribution >= 0.6 is 22.9 Å². The fraction of sp³-hybridized carbons (Fsp3) is 0.381. The number of piperidine rings is 1. The first-order chi connectivity index (χ1) is 15.0. The van der Waals surface area contributed by atoms with Crippen molar-refractivity contribution in [1.29, 1.82) is 0 Å². The Morgan fingerprint density at radius 2 is 2.10 bits per heavy atom. The molecular formula is C21H22ClN5O3S. The predicted octanol–water partition coefficient (Wildman–Crippen LogP) is 3.55. The summed E-state index contributed by atoms with van der Waals surface area (Å²) < 4.78 is 6.40. The van der Waals surface area contributed by atoms with Gasteiger partial charge in [-0.05, 0) is 44.0 Å². The molecule has 10 heteroatoms. The molecule has 4 rings (SSSR count). The van der Waals surface area contributed by atoms with Gasteiger partial charge in [0.15, 0.2) is 22.7 Å². The van der Waals surface area contributed by atoms with Crippen LogP contribution in [0.25, 0.3) is 10.2 Å². The van der Waals surface area contributed by atoms with Crippen molar-refractivity contribution in [2.75, 3.05) is 36.0 Å². The van der Waals surface area contributed by atoms with Crippen molar-refractivity contribution in [3.8, 4) is 0 Å². The molecule has 3 aromatic rings. The zero-order valence-electron chi connectivity index (χ0n) is 17.0. The van der Waals surface area contributed by atoms with Crippen LogP contribution in [0.5, 0.6) is 0 Å². The summed E-state index contributed by atoms with van der Waals surface area (Å²) in [5.41, 5.74) is 0.846. The number of hydrogen-bond acceptors (Lipinski definition) is 8. The Labute approximate surface area is 188 Å². The Balaban J connectivity index is 1.35. The van der Waals surface area contributed by atoms with Gasteiger partial charge in [-0.1, -0.05) is 35.1 Å². The van der Waals surface area contributed by atoms with Gasteiger partial charge in [0.25, 0.3) is 5.91 Å². The van der Waals surface area contributed by atoms with Crippen LogP contribution in [0.3, 0.4) is 0 Å². The maximum absolute atomic E-state index is 12.7. The van der Waals surface area contributed by atoms with E-state index < -0.39 is 0 Å². The van der Waals surface area contributed by atoms with E-state index in [-0.39, 0.29) is 24.4 Å². The Morgan fingerprint density at radius 1 is 1.26 bits per heavy atom. The first-order valence-corrected chi connectivity index (χ1v) is 11.3. The van der Waals surface area contributed by atoms with Crippen molar-refractivity contribution >= 4 is 56.0 Å². The molecule has 31 heavy (non-hydrogen) atoms. The van der Waals surface area contributed by atoms with Gasteiger partial charge in [0.2, 0.25) is 0 Å². The number of likely N-dealkylation sites (N-methyl/N-ethyl adjacent to an activating group) is 1. The van der Waals surface area contributed by atoms with E-state index in [1.165, 1.54) is 11.3 Å². The lowest BCUT2D eigenvalue weighted by atomic mass is 9.98. The lowest BCUT2D eigenvalue weighted by molar-refractivity contribution is -0.152. The van der Waals surface area contributed by atoms with Gasteiger partial charge in [-0.25, -0.2) is 4.98 Å². The molecule has 1 aliphatic rings. The second-order valence-electron chi connectivity index (χ2n) is 7.21. The van der Waals surface area contributed by atoms with Crippen molar-refractivity contribution in [3.63, 3.8) is 0 Å². The number of amides is 1. The lowest BCUT2D eigenvalue weighted by Crippen LogP contribution is -2.41. The zero-order valence-corrected chi connectivity index (χ0v) is 18.6. The molecule has 1 fully saturated rings. The van der Waals surface area contributed by atoms with Crippen LogP contribution in [0, 0.1) is 5.92 Å². The summed E-state index contributed by atoms with van der Waals surface area (Å²) in [6, 6.07) is 11.2. The monoisotopic (exact) mass is 459 g/mol. The molecule has 2 aromatic heterocycles. The number of aromatic nitrogens is 3. The van der Waals surface area contributed by atoms with E-state index in [1.807, 2.05) is 36.1 Å². The van der Waals surface area contributed by atoms with Crippen molar-refractivity contribution in [1.82, 2.24) is 15.2 Å². The highest BCUT2D eigenvalue weighted by Gasteiger charge is 2.29. The van der Waals surface area contributed by atoms with Crippen LogP contribution in [-0.2, 0) is 14.3 Å². The number of benzene rings is 1. The Morgan fingerprint density at radius 3 is 2.84 bits per heavy atom. The Bertz CT molecular complexity index is 1040. The largest absolute Gasteiger partial charge is 0.455 e. The van der Waals surface area contributed by atoms with Crippen molar-refractivity contribution in [2.24, 2.45) is 5.92 Å². The van der Waals surface area contributed by atoms with Crippen molar-refractivity contribution < 1.29 is 14.3 Å². The fourth-order valence-electron chi connectivity index (χ4n) is 3.58. The fourth-order valence-corrected chi connectivity index (χ4v) is 4.73. The van der Waals surface area contributed by atoms with Crippen LogP contribution < -0.4 is 9.80 Å². The number of carbonyl (C=O) groups is 2. The van der Waals surface area contributed by atoms with Gasteiger partial charge in [-0.3, -0.25) is 14.5 Å². The molecule has 1 aliphatic heterocycles. The number of esters is 1. The van der Waals surface area contributed by atoms with Crippen molar-refractivity contribution in [2.45, 2.75) is 19.8 Å². The number of carbonyl (C=O) groups excluding carboxylic acids is 2. The average Bonchev–Trinajstić information content (AvgIpc) is 3.22. The molecule has 1 aromatic carbocycles. The molecule has 0 N–H and O–H groups in total. The van der Waals surface area contributed by atoms with Crippen LogP contribution in [0.2, 0.25) is 5.15 Å². The molecule has 0 radical (unpaired) electrons. The van der Waals surface area contributed by atoms with E-state index in [0.717, 1.165) is 23.2 Å². The number of anilines is 2. The standard InChI is InChI=1S/C21H22ClN5O3S/c1-2-27(21-23-15-7-3-4-8-16(15)31-21)19(28)13-30-20(29)14-6-5-11-26(12-14)18-10-9-17(22)24-25-18/h3-4,7-10,14H,2,5-6,11-13H2,1H3/t14-/m1/s1. The lowest BCUT2D eigenvalue weighted by Gasteiger charge is -2.32. The summed E-state index contributed by atoms with van der Waals surface area (Å²) in [6.07, 6.45) is 1.53. The molecule has 0 unspecified atom stereocenters. The van der Waals surface area contributed by atoms with Crippen LogP contribution in [0.4, 0.5) is 10.9 Å². The highest BCUT2D eigenvalue weighted by Crippen LogP contribution is 2.28. The topological polar surface area (TPSA) is 88.5 Å². The minimum Gasteiger partial charge on any atom is -0.455 e. The van der Waals surface area contributed by atoms with Crippen LogP contribution in [0.1, 0.15) is 19.8 Å². The minimum absolute atomic E-state index is 0.286. The third-order valence-corrected chi connectivity index (χ3v) is 6.43. The third kappa shape index (κ3) is 4.94. The third-order valence-electron chi connectivity index (χ3n) is 5.17. The quantitative estimate of drug-likeness (QED) is 0.521. The Kier molecular flexibility index (Phi) is 6.62. The Hall–Kier alpha value is -2.78. The number of para-hydroxylation sites is 1. The maximum Gasteiger partial charge on any atom is 0.311 e. The number of ether oxygens (including phenoxy) is 1. The first kappa shape index (κ1) is 21.5. The average molecular weight is 460 g/mol. The highest BCUT2D eigenvalue weighted by atomic mass is 35.5. The number of rotatable bonds is 6. The summed E-state index contributed by atoms with van der Waals surface area (Å²) in [4.78, 5) is 33.4. The smallest absolute Gasteiger partial charge is 0.311 e. The summed E-state index contributed by atoms with van der Waals surface area (Å²) in [7, 11) is 0. The molecule has 162 valence electrons. The normalized spacial score (nSPS) is 16.3. The number of thiazole rings is 1. The van der Waals surface area contributed by atoms with E-state index in [0.29, 0.717) is 35.6 Å². The van der Waals surface area contributed by atoms with Gasteiger partial charge in [-0.15, -0.1) is 10.2 Å². The summed E-state index contributed by atoms with van der Waals surface area (Å²) in [5.74, 6) is -0.311. The van der Waals surface area contributed by atoms with Crippen LogP contribution in [-0.4, -0.2) is 53.3 Å². The molecule has 0 bridgehead atoms. The van der Waals surface area contributed by atoms with Gasteiger partial charge in [0, 0.05) is 19.6 Å². The second-order valence-corrected chi connectivity index (χ2v) is 8.61. The van der Waals surface area contributed by atoms with Crippen LogP contribution in [0.15, 0.2) is 36.4 Å². The number of hydrogen-bond donors (Lipinski definition) is 0. The van der Waals surface area contributed by atoms with Crippen molar-refractivity contribution in [3.05, 3.63) is 41.6 Å². The molecule has 1 amide bonds. The van der Waals surface area contributed by atoms with E-state index in [4.69, 9.17) is 16.3 Å². The maximum atomic E-state index is 12.7. The molecule has 8 nitrogen and oxygen atoms in total. The molecule has 1 atom stereocenters. The molecular weight excluding hydrogens is 438 g/mol. The molecule has 0 aliphatic carbocycles. The van der Waals surface area contributed by atoms with Gasteiger partial charge < -0.3 is 9.64 Å². The van der Waals surface area contributed by atoms with Gasteiger partial charge in [0.05, 0.1) is 16.1 Å². The first-order valence-electron chi connectivity index (χ1n) is 10.1. The molecule has 3 heterocycles.